The molecule has 1 atom stereocenters. The van der Waals surface area contributed by atoms with Gasteiger partial charge in [-0.2, -0.15) is 0 Å². The summed E-state index contributed by atoms with van der Waals surface area (Å²) in [6.45, 7) is 15.8. The van der Waals surface area contributed by atoms with Gasteiger partial charge in [-0.3, -0.25) is 0 Å². The van der Waals surface area contributed by atoms with Crippen LogP contribution in [0.4, 0.5) is 0 Å². The van der Waals surface area contributed by atoms with E-state index in [1.807, 2.05) is 0 Å². The molecule has 14 heavy (non-hydrogen) atoms. The van der Waals surface area contributed by atoms with E-state index in [2.05, 4.69) is 58.8 Å². The molecule has 1 N–H and O–H groups in total. The van der Waals surface area contributed by atoms with Gasteiger partial charge in [0.1, 0.15) is 0 Å². The Balaban J connectivity index is 3.79. The van der Waals surface area contributed by atoms with Crippen LogP contribution in [0.25, 0.3) is 0 Å². The van der Waals surface area contributed by atoms with Crippen LogP contribution in [-0.4, -0.2) is 37.1 Å². The first-order chi connectivity index (χ1) is 6.25. The van der Waals surface area contributed by atoms with Crippen molar-refractivity contribution in [2.24, 2.45) is 5.41 Å². The van der Waals surface area contributed by atoms with Crippen molar-refractivity contribution < 1.29 is 0 Å². The summed E-state index contributed by atoms with van der Waals surface area (Å²) in [5.74, 6) is 0. The summed E-state index contributed by atoms with van der Waals surface area (Å²) in [6, 6.07) is 1.21. The molecule has 0 aromatic rings. The Hall–Kier alpha value is -0.0800. The molecule has 0 saturated carbocycles. The fourth-order valence-electron chi connectivity index (χ4n) is 1.38. The van der Waals surface area contributed by atoms with Gasteiger partial charge in [0.05, 0.1) is 0 Å². The number of likely N-dealkylation sites (N-methyl/N-ethyl adjacent to an activating group) is 1. The summed E-state index contributed by atoms with van der Waals surface area (Å²) in [4.78, 5) is 2.43. The Bertz CT molecular complexity index is 147. The lowest BCUT2D eigenvalue weighted by atomic mass is 9.87. The van der Waals surface area contributed by atoms with E-state index in [1.54, 1.807) is 0 Å². The molecule has 2 nitrogen and oxygen atoms in total. The van der Waals surface area contributed by atoms with Crippen LogP contribution in [0.5, 0.6) is 0 Å². The van der Waals surface area contributed by atoms with Crippen LogP contribution >= 0.6 is 0 Å². The molecule has 86 valence electrons. The van der Waals surface area contributed by atoms with E-state index in [0.29, 0.717) is 17.5 Å². The number of nitrogens with zero attached hydrogens (tertiary/aromatic N) is 1. The molecular weight excluding hydrogens is 172 g/mol. The van der Waals surface area contributed by atoms with Gasteiger partial charge in [0.15, 0.2) is 0 Å². The second-order valence-electron chi connectivity index (χ2n) is 5.63. The Labute approximate surface area is 90.1 Å². The fourth-order valence-corrected chi connectivity index (χ4v) is 1.38. The van der Waals surface area contributed by atoms with Crippen molar-refractivity contribution in [3.63, 3.8) is 0 Å². The lowest BCUT2D eigenvalue weighted by Crippen LogP contribution is -2.43. The summed E-state index contributed by atoms with van der Waals surface area (Å²) in [5.41, 5.74) is 0.368. The molecule has 0 saturated heterocycles. The fraction of sp³-hybridized carbons (Fsp3) is 1.00. The van der Waals surface area contributed by atoms with Crippen LogP contribution in [0.1, 0.15) is 41.5 Å². The highest BCUT2D eigenvalue weighted by Gasteiger charge is 2.23. The summed E-state index contributed by atoms with van der Waals surface area (Å²) < 4.78 is 0. The normalized spacial score (nSPS) is 15.2. The molecule has 0 radical (unpaired) electrons. The quantitative estimate of drug-likeness (QED) is 0.733. The highest BCUT2D eigenvalue weighted by Crippen LogP contribution is 2.22. The van der Waals surface area contributed by atoms with Gasteiger partial charge in [0, 0.05) is 25.2 Å². The lowest BCUT2D eigenvalue weighted by molar-refractivity contribution is 0.141. The SMILES string of the molecule is CC(C)NCCN(C)C(C)C(C)(C)C. The molecule has 1 unspecified atom stereocenters. The zero-order chi connectivity index (χ0) is 11.4. The van der Waals surface area contributed by atoms with Gasteiger partial charge in [-0.15, -0.1) is 0 Å². The molecular formula is C12H28N2. The van der Waals surface area contributed by atoms with Crippen LogP contribution < -0.4 is 5.32 Å². The van der Waals surface area contributed by atoms with Crippen molar-refractivity contribution in [2.75, 3.05) is 20.1 Å². The second kappa shape index (κ2) is 5.72. The number of rotatable bonds is 5. The van der Waals surface area contributed by atoms with Crippen LogP contribution in [-0.2, 0) is 0 Å². The smallest absolute Gasteiger partial charge is 0.0113 e. The maximum Gasteiger partial charge on any atom is 0.0113 e. The van der Waals surface area contributed by atoms with Gasteiger partial charge in [-0.05, 0) is 19.4 Å². The van der Waals surface area contributed by atoms with E-state index in [-0.39, 0.29) is 0 Å². The number of hydrogen-bond acceptors (Lipinski definition) is 2. The molecule has 0 aliphatic heterocycles. The van der Waals surface area contributed by atoms with Gasteiger partial charge in [-0.25, -0.2) is 0 Å². The lowest BCUT2D eigenvalue weighted by Gasteiger charge is -2.35. The molecule has 0 fully saturated rings. The van der Waals surface area contributed by atoms with E-state index in [1.165, 1.54) is 0 Å². The highest BCUT2D eigenvalue weighted by atomic mass is 15.1. The standard InChI is InChI=1S/C12H28N2/c1-10(2)13-8-9-14(7)11(3)12(4,5)6/h10-11,13H,8-9H2,1-7H3. The zero-order valence-corrected chi connectivity index (χ0v) is 11.0. The Kier molecular flexibility index (Phi) is 5.68. The molecule has 2 heteroatoms. The first kappa shape index (κ1) is 13.9. The first-order valence-electron chi connectivity index (χ1n) is 5.68. The minimum atomic E-state index is 0.368. The molecule has 0 aliphatic carbocycles. The second-order valence-corrected chi connectivity index (χ2v) is 5.63. The van der Waals surface area contributed by atoms with Crippen LogP contribution in [0.2, 0.25) is 0 Å². The highest BCUT2D eigenvalue weighted by molar-refractivity contribution is 4.77. The maximum absolute atomic E-state index is 3.44. The van der Waals surface area contributed by atoms with Crippen molar-refractivity contribution >= 4 is 0 Å². The average Bonchev–Trinajstić information content (AvgIpc) is 2.00. The van der Waals surface area contributed by atoms with Crippen molar-refractivity contribution in [2.45, 2.75) is 53.6 Å². The van der Waals surface area contributed by atoms with Gasteiger partial charge in [0.2, 0.25) is 0 Å². The Morgan fingerprint density at radius 3 is 2.00 bits per heavy atom. The third-order valence-corrected chi connectivity index (χ3v) is 2.93. The molecule has 0 aromatic carbocycles. The molecule has 0 amide bonds. The Morgan fingerprint density at radius 1 is 1.14 bits per heavy atom. The predicted octanol–water partition coefficient (Wildman–Crippen LogP) is 2.35. The number of nitrogens with one attached hydrogen (secondary N) is 1. The minimum absolute atomic E-state index is 0.368. The van der Waals surface area contributed by atoms with E-state index < -0.39 is 0 Å². The summed E-state index contributed by atoms with van der Waals surface area (Å²) >= 11 is 0. The number of hydrogen-bond donors (Lipinski definition) is 1. The maximum atomic E-state index is 3.44. The summed E-state index contributed by atoms with van der Waals surface area (Å²) in [7, 11) is 2.21. The Morgan fingerprint density at radius 2 is 1.64 bits per heavy atom. The molecule has 0 bridgehead atoms. The van der Waals surface area contributed by atoms with Gasteiger partial charge >= 0.3 is 0 Å². The minimum Gasteiger partial charge on any atom is -0.313 e. The van der Waals surface area contributed by atoms with E-state index in [0.717, 1.165) is 13.1 Å². The monoisotopic (exact) mass is 200 g/mol. The third-order valence-electron chi connectivity index (χ3n) is 2.93. The molecule has 0 aromatic heterocycles. The van der Waals surface area contributed by atoms with Gasteiger partial charge < -0.3 is 10.2 Å². The topological polar surface area (TPSA) is 15.3 Å². The average molecular weight is 200 g/mol. The van der Waals surface area contributed by atoms with Crippen molar-refractivity contribution in [3.8, 4) is 0 Å². The molecule has 0 aliphatic rings. The summed E-state index contributed by atoms with van der Waals surface area (Å²) in [6.07, 6.45) is 0. The van der Waals surface area contributed by atoms with Crippen molar-refractivity contribution in [3.05, 3.63) is 0 Å². The van der Waals surface area contributed by atoms with Crippen LogP contribution in [0.3, 0.4) is 0 Å². The van der Waals surface area contributed by atoms with Crippen LogP contribution in [0.15, 0.2) is 0 Å². The zero-order valence-electron chi connectivity index (χ0n) is 11.0. The van der Waals surface area contributed by atoms with Gasteiger partial charge in [-0.1, -0.05) is 34.6 Å². The largest absolute Gasteiger partial charge is 0.313 e. The van der Waals surface area contributed by atoms with Crippen molar-refractivity contribution in [1.82, 2.24) is 10.2 Å². The molecule has 0 rings (SSSR count). The predicted molar refractivity (Wildman–Crippen MR) is 64.7 cm³/mol. The van der Waals surface area contributed by atoms with Crippen molar-refractivity contribution in [1.29, 1.82) is 0 Å². The van der Waals surface area contributed by atoms with E-state index in [9.17, 15) is 0 Å². The van der Waals surface area contributed by atoms with E-state index in [4.69, 9.17) is 0 Å². The first-order valence-corrected chi connectivity index (χ1v) is 5.68. The van der Waals surface area contributed by atoms with Gasteiger partial charge in [0.25, 0.3) is 0 Å². The van der Waals surface area contributed by atoms with Crippen LogP contribution in [0, 0.1) is 5.41 Å². The molecule has 0 heterocycles. The molecule has 0 spiro atoms. The summed E-state index contributed by atoms with van der Waals surface area (Å²) in [5, 5.41) is 3.44. The van der Waals surface area contributed by atoms with E-state index >= 15 is 0 Å². The third kappa shape index (κ3) is 5.61.